The van der Waals surface area contributed by atoms with Gasteiger partial charge in [-0.1, -0.05) is 12.1 Å². The second kappa shape index (κ2) is 3.96. The van der Waals surface area contributed by atoms with Gasteiger partial charge in [-0.05, 0) is 24.1 Å². The van der Waals surface area contributed by atoms with Crippen LogP contribution in [-0.4, -0.2) is 23.1 Å². The summed E-state index contributed by atoms with van der Waals surface area (Å²) in [7, 11) is 0. The van der Waals surface area contributed by atoms with Gasteiger partial charge in [0.15, 0.2) is 5.78 Å². The highest BCUT2D eigenvalue weighted by atomic mass is 16.2. The van der Waals surface area contributed by atoms with Gasteiger partial charge in [0, 0.05) is 12.2 Å². The second-order valence-electron chi connectivity index (χ2n) is 4.16. The van der Waals surface area contributed by atoms with Crippen molar-refractivity contribution in [1.82, 2.24) is 4.90 Å². The van der Waals surface area contributed by atoms with Crippen molar-refractivity contribution < 1.29 is 9.59 Å². The summed E-state index contributed by atoms with van der Waals surface area (Å²) in [6.07, 6.45) is 0.0496. The standard InChI is InChI=1S/C12H14N2O2/c1-8-4-9(2-3-11(8)13)6-14-7-10(15)5-12(14)16/h2-4H,5-7,13H2,1H3. The predicted octanol–water partition coefficient (Wildman–Crippen LogP) is 0.879. The van der Waals surface area contributed by atoms with Gasteiger partial charge < -0.3 is 10.6 Å². The molecule has 84 valence electrons. The zero-order valence-electron chi connectivity index (χ0n) is 9.19. The molecule has 0 bridgehead atoms. The normalized spacial score (nSPS) is 15.9. The average molecular weight is 218 g/mol. The highest BCUT2D eigenvalue weighted by Crippen LogP contribution is 2.16. The van der Waals surface area contributed by atoms with Crippen LogP contribution in [0.25, 0.3) is 0 Å². The third-order valence-electron chi connectivity index (χ3n) is 2.78. The van der Waals surface area contributed by atoms with E-state index in [4.69, 9.17) is 5.73 Å². The summed E-state index contributed by atoms with van der Waals surface area (Å²) >= 11 is 0. The van der Waals surface area contributed by atoms with Crippen molar-refractivity contribution in [1.29, 1.82) is 0 Å². The van der Waals surface area contributed by atoms with E-state index < -0.39 is 0 Å². The van der Waals surface area contributed by atoms with Gasteiger partial charge in [0.25, 0.3) is 0 Å². The van der Waals surface area contributed by atoms with Crippen molar-refractivity contribution in [2.24, 2.45) is 0 Å². The van der Waals surface area contributed by atoms with E-state index in [0.717, 1.165) is 16.8 Å². The van der Waals surface area contributed by atoms with E-state index in [2.05, 4.69) is 0 Å². The van der Waals surface area contributed by atoms with Crippen molar-refractivity contribution in [3.63, 3.8) is 0 Å². The Morgan fingerprint density at radius 1 is 1.38 bits per heavy atom. The molecule has 0 aliphatic carbocycles. The van der Waals surface area contributed by atoms with Crippen LogP contribution >= 0.6 is 0 Å². The predicted molar refractivity (Wildman–Crippen MR) is 60.6 cm³/mol. The van der Waals surface area contributed by atoms with E-state index in [1.54, 1.807) is 4.90 Å². The number of amides is 1. The minimum absolute atomic E-state index is 0.00262. The lowest BCUT2D eigenvalue weighted by Gasteiger charge is -2.15. The summed E-state index contributed by atoms with van der Waals surface area (Å²) in [4.78, 5) is 24.1. The molecule has 2 N–H and O–H groups in total. The fourth-order valence-corrected chi connectivity index (χ4v) is 1.84. The van der Waals surface area contributed by atoms with Crippen LogP contribution in [0.2, 0.25) is 0 Å². The maximum absolute atomic E-state index is 11.4. The van der Waals surface area contributed by atoms with Crippen LogP contribution in [0.5, 0.6) is 0 Å². The Morgan fingerprint density at radius 2 is 2.12 bits per heavy atom. The molecule has 4 heteroatoms. The van der Waals surface area contributed by atoms with Gasteiger partial charge in [-0.2, -0.15) is 0 Å². The highest BCUT2D eigenvalue weighted by Gasteiger charge is 2.27. The van der Waals surface area contributed by atoms with Crippen LogP contribution in [0.3, 0.4) is 0 Å². The molecule has 1 aliphatic heterocycles. The van der Waals surface area contributed by atoms with Gasteiger partial charge in [0.1, 0.15) is 0 Å². The van der Waals surface area contributed by atoms with E-state index in [0.29, 0.717) is 6.54 Å². The number of hydrogen-bond acceptors (Lipinski definition) is 3. The van der Waals surface area contributed by atoms with Crippen LogP contribution in [0, 0.1) is 6.92 Å². The molecule has 0 spiro atoms. The number of anilines is 1. The van der Waals surface area contributed by atoms with Crippen LogP contribution in [0.4, 0.5) is 5.69 Å². The quantitative estimate of drug-likeness (QED) is 0.592. The molecule has 1 aromatic carbocycles. The van der Waals surface area contributed by atoms with Crippen molar-refractivity contribution in [3.05, 3.63) is 29.3 Å². The van der Waals surface area contributed by atoms with E-state index in [-0.39, 0.29) is 24.7 Å². The lowest BCUT2D eigenvalue weighted by Crippen LogP contribution is -2.24. The topological polar surface area (TPSA) is 63.4 Å². The van der Waals surface area contributed by atoms with Gasteiger partial charge in [-0.3, -0.25) is 9.59 Å². The molecule has 1 heterocycles. The number of nitrogens with zero attached hydrogens (tertiary/aromatic N) is 1. The first-order valence-corrected chi connectivity index (χ1v) is 5.21. The Morgan fingerprint density at radius 3 is 2.69 bits per heavy atom. The monoisotopic (exact) mass is 218 g/mol. The number of carbonyl (C=O) groups is 2. The number of nitrogen functional groups attached to an aromatic ring is 1. The third-order valence-corrected chi connectivity index (χ3v) is 2.78. The number of aryl methyl sites for hydroxylation is 1. The molecule has 1 aliphatic rings. The van der Waals surface area contributed by atoms with Crippen molar-refractivity contribution in [3.8, 4) is 0 Å². The summed E-state index contributed by atoms with van der Waals surface area (Å²) < 4.78 is 0. The van der Waals surface area contributed by atoms with Gasteiger partial charge in [-0.25, -0.2) is 0 Å². The Bertz CT molecular complexity index is 454. The molecule has 1 amide bonds. The Balaban J connectivity index is 2.12. The lowest BCUT2D eigenvalue weighted by atomic mass is 10.1. The lowest BCUT2D eigenvalue weighted by molar-refractivity contribution is -0.128. The smallest absolute Gasteiger partial charge is 0.230 e. The number of rotatable bonds is 2. The molecule has 0 saturated carbocycles. The second-order valence-corrected chi connectivity index (χ2v) is 4.16. The highest BCUT2D eigenvalue weighted by molar-refractivity contribution is 6.05. The Kier molecular flexibility index (Phi) is 2.64. The zero-order valence-corrected chi connectivity index (χ0v) is 9.19. The average Bonchev–Trinajstić information content (AvgIpc) is 2.51. The molecule has 0 atom stereocenters. The molecule has 0 radical (unpaired) electrons. The van der Waals surface area contributed by atoms with Gasteiger partial charge in [-0.15, -0.1) is 0 Å². The maximum Gasteiger partial charge on any atom is 0.230 e. The molecule has 16 heavy (non-hydrogen) atoms. The third kappa shape index (κ3) is 2.05. The minimum Gasteiger partial charge on any atom is -0.399 e. The molecular weight excluding hydrogens is 204 g/mol. The summed E-state index contributed by atoms with van der Waals surface area (Å²) in [5.74, 6) is -0.0864. The van der Waals surface area contributed by atoms with E-state index in [1.165, 1.54) is 0 Å². The number of likely N-dealkylation sites (tertiary alicyclic amines) is 1. The van der Waals surface area contributed by atoms with E-state index >= 15 is 0 Å². The number of Topliss-reactive ketones (excluding diaryl/α,β-unsaturated/α-hetero) is 1. The molecule has 1 fully saturated rings. The molecular formula is C12H14N2O2. The van der Waals surface area contributed by atoms with E-state index in [1.807, 2.05) is 25.1 Å². The first-order valence-electron chi connectivity index (χ1n) is 5.21. The molecule has 2 rings (SSSR count). The Hall–Kier alpha value is -1.84. The Labute approximate surface area is 94.0 Å². The van der Waals surface area contributed by atoms with Crippen LogP contribution in [0.1, 0.15) is 17.5 Å². The number of carbonyl (C=O) groups excluding carboxylic acids is 2. The van der Waals surface area contributed by atoms with Crippen LogP contribution < -0.4 is 5.73 Å². The molecule has 4 nitrogen and oxygen atoms in total. The van der Waals surface area contributed by atoms with Gasteiger partial charge in [0.05, 0.1) is 13.0 Å². The van der Waals surface area contributed by atoms with Crippen molar-refractivity contribution >= 4 is 17.4 Å². The summed E-state index contributed by atoms with van der Waals surface area (Å²) in [6, 6.07) is 5.66. The molecule has 1 aromatic rings. The van der Waals surface area contributed by atoms with Crippen molar-refractivity contribution in [2.45, 2.75) is 19.9 Å². The minimum atomic E-state index is -0.0838. The first kappa shape index (κ1) is 10.7. The fraction of sp³-hybridized carbons (Fsp3) is 0.333. The molecule has 1 saturated heterocycles. The van der Waals surface area contributed by atoms with Crippen LogP contribution in [-0.2, 0) is 16.1 Å². The van der Waals surface area contributed by atoms with Gasteiger partial charge >= 0.3 is 0 Å². The number of hydrogen-bond donors (Lipinski definition) is 1. The molecule has 0 unspecified atom stereocenters. The largest absolute Gasteiger partial charge is 0.399 e. The first-order chi connectivity index (χ1) is 7.56. The number of nitrogens with two attached hydrogens (primary N) is 1. The van der Waals surface area contributed by atoms with Gasteiger partial charge in [0.2, 0.25) is 5.91 Å². The fourth-order valence-electron chi connectivity index (χ4n) is 1.84. The summed E-state index contributed by atoms with van der Waals surface area (Å²) in [6.45, 7) is 2.66. The summed E-state index contributed by atoms with van der Waals surface area (Å²) in [5.41, 5.74) is 8.46. The van der Waals surface area contributed by atoms with Crippen molar-refractivity contribution in [2.75, 3.05) is 12.3 Å². The van der Waals surface area contributed by atoms with E-state index in [9.17, 15) is 9.59 Å². The van der Waals surface area contributed by atoms with Crippen LogP contribution in [0.15, 0.2) is 18.2 Å². The molecule has 0 aromatic heterocycles. The SMILES string of the molecule is Cc1cc(CN2CC(=O)CC2=O)ccc1N. The maximum atomic E-state index is 11.4. The zero-order chi connectivity index (χ0) is 11.7. The summed E-state index contributed by atoms with van der Waals surface area (Å²) in [5, 5.41) is 0. The number of ketones is 1. The number of benzene rings is 1.